The lowest BCUT2D eigenvalue weighted by Gasteiger charge is -2.31. The van der Waals surface area contributed by atoms with E-state index in [0.29, 0.717) is 25.0 Å². The SMILES string of the molecule is CC[C@H](NC(=O)[C@@H](NC(=O)[C@@H]1CCCN1C(=O)[C@H](CCSC)NC(=O)c1cc(O)ccc1O)[C@@H](C)CC)C(=O)O. The molecule has 2 rings (SSSR count). The minimum atomic E-state index is -1.17. The Kier molecular flexibility index (Phi) is 12.6. The number of carbonyl (C=O) groups excluding carboxylic acids is 4. The summed E-state index contributed by atoms with van der Waals surface area (Å²) in [5.41, 5.74) is -0.188. The molecule has 1 aromatic carbocycles. The summed E-state index contributed by atoms with van der Waals surface area (Å²) in [6.07, 6.45) is 3.73. The van der Waals surface area contributed by atoms with Gasteiger partial charge in [-0.1, -0.05) is 27.2 Å². The number of thioether (sulfide) groups is 1. The monoisotopic (exact) mass is 580 g/mol. The number of nitrogens with zero attached hydrogens (tertiary/aromatic N) is 1. The lowest BCUT2D eigenvalue weighted by atomic mass is 9.97. The summed E-state index contributed by atoms with van der Waals surface area (Å²) in [4.78, 5) is 65.7. The van der Waals surface area contributed by atoms with E-state index in [2.05, 4.69) is 16.0 Å². The number of phenolic OH excluding ortho intramolecular Hbond substituents is 2. The van der Waals surface area contributed by atoms with E-state index in [-0.39, 0.29) is 42.4 Å². The minimum Gasteiger partial charge on any atom is -0.508 e. The molecule has 1 aliphatic rings. The normalized spacial score (nSPS) is 17.8. The molecule has 0 aromatic heterocycles. The Labute approximate surface area is 238 Å². The highest BCUT2D eigenvalue weighted by molar-refractivity contribution is 7.98. The molecule has 13 heteroatoms. The summed E-state index contributed by atoms with van der Waals surface area (Å²) in [5, 5.41) is 37.0. The highest BCUT2D eigenvalue weighted by atomic mass is 32.2. The molecule has 5 atom stereocenters. The number of hydrogen-bond donors (Lipinski definition) is 6. The fraction of sp³-hybridized carbons (Fsp3) is 0.593. The first kappa shape index (κ1) is 32.7. The predicted molar refractivity (Wildman–Crippen MR) is 150 cm³/mol. The van der Waals surface area contributed by atoms with E-state index in [9.17, 15) is 39.3 Å². The van der Waals surface area contributed by atoms with Crippen LogP contribution in [-0.2, 0) is 19.2 Å². The molecular formula is C27H40N4O8S. The lowest BCUT2D eigenvalue weighted by Crippen LogP contribution is -2.58. The van der Waals surface area contributed by atoms with E-state index in [1.54, 1.807) is 13.8 Å². The van der Waals surface area contributed by atoms with Gasteiger partial charge < -0.3 is 36.2 Å². The summed E-state index contributed by atoms with van der Waals surface area (Å²) in [6, 6.07) is -0.461. The van der Waals surface area contributed by atoms with Gasteiger partial charge in [0.2, 0.25) is 17.7 Å². The molecule has 0 spiro atoms. The van der Waals surface area contributed by atoms with Crippen LogP contribution >= 0.6 is 11.8 Å². The van der Waals surface area contributed by atoms with Crippen LogP contribution in [0.5, 0.6) is 11.5 Å². The molecule has 0 aliphatic carbocycles. The molecule has 1 saturated heterocycles. The first-order valence-electron chi connectivity index (χ1n) is 13.4. The number of amides is 4. The van der Waals surface area contributed by atoms with Gasteiger partial charge in [0.1, 0.15) is 35.7 Å². The van der Waals surface area contributed by atoms with E-state index in [1.165, 1.54) is 28.8 Å². The first-order valence-corrected chi connectivity index (χ1v) is 14.8. The summed E-state index contributed by atoms with van der Waals surface area (Å²) in [5.74, 6) is -3.87. The molecule has 12 nitrogen and oxygen atoms in total. The second kappa shape index (κ2) is 15.3. The summed E-state index contributed by atoms with van der Waals surface area (Å²) < 4.78 is 0. The maximum atomic E-state index is 13.6. The van der Waals surface area contributed by atoms with Crippen molar-refractivity contribution in [1.82, 2.24) is 20.9 Å². The number of phenols is 2. The molecule has 1 heterocycles. The Morgan fingerprint density at radius 1 is 1.05 bits per heavy atom. The van der Waals surface area contributed by atoms with Gasteiger partial charge in [-0.15, -0.1) is 0 Å². The van der Waals surface area contributed by atoms with Gasteiger partial charge in [-0.3, -0.25) is 19.2 Å². The average molecular weight is 581 g/mol. The fourth-order valence-corrected chi connectivity index (χ4v) is 4.96. The summed E-state index contributed by atoms with van der Waals surface area (Å²) in [6.45, 7) is 5.53. The van der Waals surface area contributed by atoms with Crippen molar-refractivity contribution >= 4 is 41.4 Å². The maximum Gasteiger partial charge on any atom is 0.326 e. The van der Waals surface area contributed by atoms with Gasteiger partial charge in [-0.05, 0) is 61.8 Å². The number of likely N-dealkylation sites (tertiary alicyclic amines) is 1. The maximum absolute atomic E-state index is 13.6. The molecule has 0 bridgehead atoms. The molecule has 6 N–H and O–H groups in total. The first-order chi connectivity index (χ1) is 18.9. The Morgan fingerprint density at radius 2 is 1.75 bits per heavy atom. The van der Waals surface area contributed by atoms with Crippen LogP contribution in [0.25, 0.3) is 0 Å². The number of hydrogen-bond acceptors (Lipinski definition) is 8. The van der Waals surface area contributed by atoms with E-state index in [0.717, 1.165) is 6.07 Å². The smallest absolute Gasteiger partial charge is 0.326 e. The Balaban J connectivity index is 2.22. The van der Waals surface area contributed by atoms with Crippen LogP contribution in [0.15, 0.2) is 18.2 Å². The predicted octanol–water partition coefficient (Wildman–Crippen LogP) is 1.45. The number of carboxylic acid groups (broad SMARTS) is 1. The molecule has 222 valence electrons. The van der Waals surface area contributed by atoms with Crippen LogP contribution in [-0.4, -0.2) is 92.5 Å². The highest BCUT2D eigenvalue weighted by Gasteiger charge is 2.40. The van der Waals surface area contributed by atoms with Gasteiger partial charge in [-0.25, -0.2) is 4.79 Å². The minimum absolute atomic E-state index is 0.177. The molecular weight excluding hydrogens is 540 g/mol. The number of aromatic hydroxyl groups is 2. The molecule has 4 amide bonds. The lowest BCUT2D eigenvalue weighted by molar-refractivity contribution is -0.143. The zero-order valence-corrected chi connectivity index (χ0v) is 24.1. The Morgan fingerprint density at radius 3 is 2.35 bits per heavy atom. The zero-order valence-electron chi connectivity index (χ0n) is 23.3. The van der Waals surface area contributed by atoms with Crippen molar-refractivity contribution in [3.63, 3.8) is 0 Å². The van der Waals surface area contributed by atoms with Crippen LogP contribution in [0.2, 0.25) is 0 Å². The Hall–Kier alpha value is -3.48. The van der Waals surface area contributed by atoms with Gasteiger partial charge in [0, 0.05) is 6.54 Å². The molecule has 0 unspecified atom stereocenters. The molecule has 1 fully saturated rings. The van der Waals surface area contributed by atoms with Crippen molar-refractivity contribution < 1.29 is 39.3 Å². The number of aliphatic carboxylic acids is 1. The zero-order chi connectivity index (χ0) is 30.0. The number of nitrogens with one attached hydrogen (secondary N) is 3. The topological polar surface area (TPSA) is 185 Å². The fourth-order valence-electron chi connectivity index (χ4n) is 4.49. The number of benzene rings is 1. The van der Waals surface area contributed by atoms with E-state index in [4.69, 9.17) is 0 Å². The van der Waals surface area contributed by atoms with Crippen molar-refractivity contribution in [3.8, 4) is 11.5 Å². The average Bonchev–Trinajstić information content (AvgIpc) is 3.42. The molecule has 1 aromatic rings. The van der Waals surface area contributed by atoms with Crippen molar-refractivity contribution in [2.45, 2.75) is 77.0 Å². The third-order valence-electron chi connectivity index (χ3n) is 7.09. The quantitative estimate of drug-likeness (QED) is 0.177. The van der Waals surface area contributed by atoms with Crippen molar-refractivity contribution in [1.29, 1.82) is 0 Å². The third kappa shape index (κ3) is 8.51. The third-order valence-corrected chi connectivity index (χ3v) is 7.74. The highest BCUT2D eigenvalue weighted by Crippen LogP contribution is 2.24. The number of carboxylic acids is 1. The van der Waals surface area contributed by atoms with Crippen LogP contribution in [0, 0.1) is 5.92 Å². The summed E-state index contributed by atoms with van der Waals surface area (Å²) in [7, 11) is 0. The van der Waals surface area contributed by atoms with E-state index in [1.807, 2.05) is 13.2 Å². The second-order valence-corrected chi connectivity index (χ2v) is 10.9. The van der Waals surface area contributed by atoms with Crippen molar-refractivity contribution in [2.75, 3.05) is 18.6 Å². The van der Waals surface area contributed by atoms with Gasteiger partial charge in [0.05, 0.1) is 5.56 Å². The molecule has 0 saturated carbocycles. The molecule has 1 aliphatic heterocycles. The van der Waals surface area contributed by atoms with Crippen LogP contribution < -0.4 is 16.0 Å². The van der Waals surface area contributed by atoms with E-state index >= 15 is 0 Å². The molecule has 0 radical (unpaired) electrons. The Bertz CT molecular complexity index is 1080. The van der Waals surface area contributed by atoms with Crippen LogP contribution in [0.1, 0.15) is 63.2 Å². The van der Waals surface area contributed by atoms with Crippen molar-refractivity contribution in [2.24, 2.45) is 5.92 Å². The van der Waals surface area contributed by atoms with Gasteiger partial charge in [0.15, 0.2) is 0 Å². The summed E-state index contributed by atoms with van der Waals surface area (Å²) >= 11 is 1.47. The standard InChI is InChI=1S/C27H40N4O8S/c1-5-15(3)22(25(36)28-18(6-2)27(38)39)30-24(35)20-8-7-12-31(20)26(37)19(11-13-40-4)29-23(34)17-14-16(32)9-10-21(17)33/h9-10,14-15,18-20,22,32-33H,5-8,11-13H2,1-4H3,(H,28,36)(H,29,34)(H,30,35)(H,38,39)/t15-,18-,19-,20-,22-/m0/s1. The van der Waals surface area contributed by atoms with Gasteiger partial charge in [0.25, 0.3) is 5.91 Å². The largest absolute Gasteiger partial charge is 0.508 e. The van der Waals surface area contributed by atoms with Crippen molar-refractivity contribution in [3.05, 3.63) is 23.8 Å². The van der Waals surface area contributed by atoms with E-state index < -0.39 is 53.8 Å². The second-order valence-electron chi connectivity index (χ2n) is 9.88. The number of rotatable bonds is 14. The van der Waals surface area contributed by atoms with Gasteiger partial charge in [-0.2, -0.15) is 11.8 Å². The van der Waals surface area contributed by atoms with Gasteiger partial charge >= 0.3 is 5.97 Å². The number of carbonyl (C=O) groups is 5. The molecule has 40 heavy (non-hydrogen) atoms. The van der Waals surface area contributed by atoms with Crippen LogP contribution in [0.4, 0.5) is 0 Å². The van der Waals surface area contributed by atoms with Crippen LogP contribution in [0.3, 0.4) is 0 Å².